The molecule has 0 aromatic heterocycles. The van der Waals surface area contributed by atoms with Crippen molar-refractivity contribution in [2.75, 3.05) is 0 Å². The van der Waals surface area contributed by atoms with Crippen molar-refractivity contribution < 1.29 is 9.59 Å². The first-order valence-electron chi connectivity index (χ1n) is 3.81. The molecule has 0 aliphatic carbocycles. The number of hydrogen-bond acceptors (Lipinski definition) is 2. The van der Waals surface area contributed by atoms with E-state index < -0.39 is 6.04 Å². The Hall–Kier alpha value is -1.32. The van der Waals surface area contributed by atoms with Crippen molar-refractivity contribution in [3.05, 3.63) is 11.3 Å². The Morgan fingerprint density at radius 1 is 1.33 bits per heavy atom. The SMILES string of the molecule is CC(C)=C1NC(=O)[C@H](C)NC1=O. The molecule has 0 unspecified atom stereocenters. The van der Waals surface area contributed by atoms with Crippen LogP contribution in [-0.4, -0.2) is 17.9 Å². The number of nitrogens with one attached hydrogen (secondary N) is 2. The normalized spacial score (nSPS) is 23.2. The van der Waals surface area contributed by atoms with Crippen LogP contribution in [0.5, 0.6) is 0 Å². The van der Waals surface area contributed by atoms with E-state index in [1.54, 1.807) is 20.8 Å². The van der Waals surface area contributed by atoms with E-state index in [0.29, 0.717) is 5.70 Å². The van der Waals surface area contributed by atoms with Crippen LogP contribution in [0, 0.1) is 0 Å². The van der Waals surface area contributed by atoms with Crippen LogP contribution in [-0.2, 0) is 9.59 Å². The van der Waals surface area contributed by atoms with Gasteiger partial charge in [0.1, 0.15) is 11.7 Å². The molecule has 1 aliphatic heterocycles. The average molecular weight is 168 g/mol. The molecule has 1 saturated heterocycles. The van der Waals surface area contributed by atoms with Gasteiger partial charge in [0.25, 0.3) is 5.91 Å². The van der Waals surface area contributed by atoms with Crippen molar-refractivity contribution in [3.8, 4) is 0 Å². The number of rotatable bonds is 0. The Morgan fingerprint density at radius 3 is 2.42 bits per heavy atom. The lowest BCUT2D eigenvalue weighted by molar-refractivity contribution is -0.130. The van der Waals surface area contributed by atoms with Crippen molar-refractivity contribution in [2.24, 2.45) is 0 Å². The van der Waals surface area contributed by atoms with Crippen molar-refractivity contribution in [3.63, 3.8) is 0 Å². The fraction of sp³-hybridized carbons (Fsp3) is 0.500. The summed E-state index contributed by atoms with van der Waals surface area (Å²) < 4.78 is 0. The fourth-order valence-electron chi connectivity index (χ4n) is 0.975. The Balaban J connectivity index is 2.90. The molecular weight excluding hydrogens is 156 g/mol. The van der Waals surface area contributed by atoms with E-state index in [-0.39, 0.29) is 11.8 Å². The van der Waals surface area contributed by atoms with Crippen molar-refractivity contribution in [1.29, 1.82) is 0 Å². The van der Waals surface area contributed by atoms with Crippen LogP contribution in [0.4, 0.5) is 0 Å². The van der Waals surface area contributed by atoms with E-state index in [0.717, 1.165) is 5.57 Å². The van der Waals surface area contributed by atoms with Gasteiger partial charge >= 0.3 is 0 Å². The lowest BCUT2D eigenvalue weighted by Gasteiger charge is -2.22. The van der Waals surface area contributed by atoms with E-state index in [9.17, 15) is 9.59 Å². The molecule has 1 heterocycles. The molecule has 2 N–H and O–H groups in total. The quantitative estimate of drug-likeness (QED) is 0.497. The first kappa shape index (κ1) is 8.77. The Kier molecular flexibility index (Phi) is 2.17. The van der Waals surface area contributed by atoms with Crippen LogP contribution in [0.2, 0.25) is 0 Å². The van der Waals surface area contributed by atoms with Crippen molar-refractivity contribution >= 4 is 11.8 Å². The van der Waals surface area contributed by atoms with Gasteiger partial charge in [-0.1, -0.05) is 0 Å². The highest BCUT2D eigenvalue weighted by atomic mass is 16.2. The maximum absolute atomic E-state index is 11.2. The molecule has 2 amide bonds. The van der Waals surface area contributed by atoms with E-state index >= 15 is 0 Å². The summed E-state index contributed by atoms with van der Waals surface area (Å²) in [5.74, 6) is -0.368. The summed E-state index contributed by atoms with van der Waals surface area (Å²) in [5.41, 5.74) is 1.19. The van der Waals surface area contributed by atoms with Gasteiger partial charge in [-0.05, 0) is 26.3 Å². The average Bonchev–Trinajstić information content (AvgIpc) is 1.96. The molecule has 0 bridgehead atoms. The summed E-state index contributed by atoms with van der Waals surface area (Å²) in [5, 5.41) is 5.10. The number of carbonyl (C=O) groups is 2. The first-order valence-corrected chi connectivity index (χ1v) is 3.81. The zero-order valence-corrected chi connectivity index (χ0v) is 7.39. The molecule has 1 aliphatic rings. The lowest BCUT2D eigenvalue weighted by Crippen LogP contribution is -2.53. The van der Waals surface area contributed by atoms with Gasteiger partial charge in [0.05, 0.1) is 0 Å². The highest BCUT2D eigenvalue weighted by Gasteiger charge is 2.26. The molecule has 0 saturated carbocycles. The summed E-state index contributed by atoms with van der Waals surface area (Å²) in [6, 6.07) is -0.430. The van der Waals surface area contributed by atoms with E-state index in [4.69, 9.17) is 0 Å². The topological polar surface area (TPSA) is 58.2 Å². The third kappa shape index (κ3) is 1.47. The third-order valence-electron chi connectivity index (χ3n) is 1.72. The van der Waals surface area contributed by atoms with Gasteiger partial charge < -0.3 is 10.6 Å². The summed E-state index contributed by atoms with van der Waals surface area (Å²) >= 11 is 0. The number of allylic oxidation sites excluding steroid dienone is 1. The van der Waals surface area contributed by atoms with Gasteiger partial charge in [-0.25, -0.2) is 0 Å². The van der Waals surface area contributed by atoms with Gasteiger partial charge in [0, 0.05) is 0 Å². The second kappa shape index (κ2) is 2.97. The molecule has 0 aromatic carbocycles. The zero-order valence-electron chi connectivity index (χ0n) is 7.39. The van der Waals surface area contributed by atoms with Gasteiger partial charge in [0.2, 0.25) is 5.91 Å². The molecule has 1 rings (SSSR count). The minimum atomic E-state index is -0.430. The summed E-state index contributed by atoms with van der Waals surface area (Å²) in [6.45, 7) is 5.21. The molecule has 0 spiro atoms. The van der Waals surface area contributed by atoms with Crippen molar-refractivity contribution in [2.45, 2.75) is 26.8 Å². The first-order chi connectivity index (χ1) is 5.52. The van der Waals surface area contributed by atoms with Crippen LogP contribution in [0.1, 0.15) is 20.8 Å². The standard InChI is InChI=1S/C8H12N2O2/c1-4(2)6-8(12)9-5(3)7(11)10-6/h5H,1-3H3,(H,9,12)(H,10,11)/t5-/m0/s1. The summed E-state index contributed by atoms with van der Waals surface area (Å²) in [6.07, 6.45) is 0. The second-order valence-corrected chi connectivity index (χ2v) is 3.06. The molecular formula is C8H12N2O2. The number of amides is 2. The molecule has 66 valence electrons. The maximum Gasteiger partial charge on any atom is 0.268 e. The second-order valence-electron chi connectivity index (χ2n) is 3.06. The molecule has 4 nitrogen and oxygen atoms in total. The predicted octanol–water partition coefficient (Wildman–Crippen LogP) is -0.0852. The van der Waals surface area contributed by atoms with Gasteiger partial charge in [-0.15, -0.1) is 0 Å². The largest absolute Gasteiger partial charge is 0.339 e. The maximum atomic E-state index is 11.2. The molecule has 12 heavy (non-hydrogen) atoms. The molecule has 1 fully saturated rings. The highest BCUT2D eigenvalue weighted by Crippen LogP contribution is 2.04. The molecule has 1 atom stereocenters. The van der Waals surface area contributed by atoms with Crippen LogP contribution in [0.3, 0.4) is 0 Å². The van der Waals surface area contributed by atoms with Crippen molar-refractivity contribution in [1.82, 2.24) is 10.6 Å². The lowest BCUT2D eigenvalue weighted by atomic mass is 10.1. The molecule has 0 aromatic rings. The highest BCUT2D eigenvalue weighted by molar-refractivity contribution is 6.04. The summed E-state index contributed by atoms with van der Waals surface area (Å²) in [4.78, 5) is 22.3. The van der Waals surface area contributed by atoms with Crippen LogP contribution < -0.4 is 10.6 Å². The zero-order chi connectivity index (χ0) is 9.30. The fourth-order valence-corrected chi connectivity index (χ4v) is 0.975. The number of piperazine rings is 1. The van der Waals surface area contributed by atoms with Crippen LogP contribution >= 0.6 is 0 Å². The Morgan fingerprint density at radius 2 is 1.92 bits per heavy atom. The van der Waals surface area contributed by atoms with Crippen LogP contribution in [0.15, 0.2) is 11.3 Å². The van der Waals surface area contributed by atoms with Crippen LogP contribution in [0.25, 0.3) is 0 Å². The Bertz CT molecular complexity index is 264. The number of hydrogen-bond donors (Lipinski definition) is 2. The third-order valence-corrected chi connectivity index (χ3v) is 1.72. The molecule has 4 heteroatoms. The monoisotopic (exact) mass is 168 g/mol. The van der Waals surface area contributed by atoms with Gasteiger partial charge in [0.15, 0.2) is 0 Å². The summed E-state index contributed by atoms with van der Waals surface area (Å²) in [7, 11) is 0. The minimum Gasteiger partial charge on any atom is -0.339 e. The van der Waals surface area contributed by atoms with E-state index in [1.165, 1.54) is 0 Å². The molecule has 0 radical (unpaired) electrons. The predicted molar refractivity (Wildman–Crippen MR) is 44.1 cm³/mol. The number of carbonyl (C=O) groups excluding carboxylic acids is 2. The smallest absolute Gasteiger partial charge is 0.268 e. The Labute approximate surface area is 71.0 Å². The van der Waals surface area contributed by atoms with Gasteiger partial charge in [-0.2, -0.15) is 0 Å². The van der Waals surface area contributed by atoms with E-state index in [2.05, 4.69) is 10.6 Å². The minimum absolute atomic E-state index is 0.161. The van der Waals surface area contributed by atoms with E-state index in [1.807, 2.05) is 0 Å². The van der Waals surface area contributed by atoms with Gasteiger partial charge in [-0.3, -0.25) is 9.59 Å².